The Morgan fingerprint density at radius 3 is 2.38 bits per heavy atom. The van der Waals surface area contributed by atoms with Gasteiger partial charge in [-0.2, -0.15) is 0 Å². The van der Waals surface area contributed by atoms with Crippen LogP contribution in [0.3, 0.4) is 0 Å². The number of carbonyl (C=O) groups excluding carboxylic acids is 1. The number of rotatable bonds is 4. The Bertz CT molecular complexity index is 999. The number of piperazine rings is 1. The van der Waals surface area contributed by atoms with Gasteiger partial charge in [0, 0.05) is 56.0 Å². The zero-order chi connectivity index (χ0) is 20.2. The molecule has 1 saturated heterocycles. The fourth-order valence-corrected chi connectivity index (χ4v) is 3.40. The molecule has 2 aromatic heterocycles. The number of anilines is 3. The van der Waals surface area contributed by atoms with E-state index in [2.05, 4.69) is 30.1 Å². The van der Waals surface area contributed by atoms with E-state index >= 15 is 0 Å². The van der Waals surface area contributed by atoms with Gasteiger partial charge in [-0.3, -0.25) is 4.79 Å². The highest BCUT2D eigenvalue weighted by Gasteiger charge is 2.20. The second kappa shape index (κ2) is 8.26. The van der Waals surface area contributed by atoms with Gasteiger partial charge in [0.1, 0.15) is 5.82 Å². The van der Waals surface area contributed by atoms with E-state index in [-0.39, 0.29) is 5.91 Å². The van der Waals surface area contributed by atoms with Gasteiger partial charge in [0.05, 0.1) is 0 Å². The van der Waals surface area contributed by atoms with E-state index in [1.165, 1.54) is 0 Å². The molecule has 7 nitrogen and oxygen atoms in total. The van der Waals surface area contributed by atoms with Gasteiger partial charge in [-0.25, -0.2) is 15.0 Å². The quantitative estimate of drug-likeness (QED) is 0.740. The van der Waals surface area contributed by atoms with Crippen LogP contribution in [-0.2, 0) is 0 Å². The molecule has 0 spiro atoms. The summed E-state index contributed by atoms with van der Waals surface area (Å²) in [7, 11) is 0. The number of aromatic nitrogens is 3. The average molecular weight is 388 g/mol. The molecule has 0 unspecified atom stereocenters. The summed E-state index contributed by atoms with van der Waals surface area (Å²) in [5.41, 5.74) is 3.67. The molecule has 0 bridgehead atoms. The van der Waals surface area contributed by atoms with Crippen molar-refractivity contribution in [2.24, 2.45) is 0 Å². The van der Waals surface area contributed by atoms with Crippen molar-refractivity contribution >= 4 is 23.4 Å². The van der Waals surface area contributed by atoms with Crippen LogP contribution in [0, 0.1) is 13.8 Å². The molecule has 0 saturated carbocycles. The van der Waals surface area contributed by atoms with Crippen LogP contribution in [0.4, 0.5) is 17.5 Å². The first kappa shape index (κ1) is 18.9. The van der Waals surface area contributed by atoms with Crippen molar-refractivity contribution in [2.45, 2.75) is 13.8 Å². The van der Waals surface area contributed by atoms with E-state index in [1.54, 1.807) is 24.7 Å². The third kappa shape index (κ3) is 4.18. The molecule has 1 aromatic carbocycles. The number of nitrogens with zero attached hydrogens (tertiary/aromatic N) is 5. The van der Waals surface area contributed by atoms with Gasteiger partial charge in [0.2, 0.25) is 5.95 Å². The smallest absolute Gasteiger partial charge is 0.255 e. The Hall–Kier alpha value is -3.48. The maximum absolute atomic E-state index is 12.8. The van der Waals surface area contributed by atoms with Crippen molar-refractivity contribution in [3.8, 4) is 0 Å². The number of pyridine rings is 1. The number of aryl methyl sites for hydroxylation is 1. The SMILES string of the molecule is Cc1cccc(NC(=O)c2ccnc(N3CCN(c4ncccn4)CC3)c2)c1C. The van der Waals surface area contributed by atoms with Crippen LogP contribution in [0.25, 0.3) is 0 Å². The predicted octanol–water partition coefficient (Wildman–Crippen LogP) is 3.07. The monoisotopic (exact) mass is 388 g/mol. The molecule has 29 heavy (non-hydrogen) atoms. The summed E-state index contributed by atoms with van der Waals surface area (Å²) in [5.74, 6) is 1.44. The average Bonchev–Trinajstić information content (AvgIpc) is 2.78. The van der Waals surface area contributed by atoms with Gasteiger partial charge in [0.25, 0.3) is 5.91 Å². The maximum Gasteiger partial charge on any atom is 0.255 e. The second-order valence-electron chi connectivity index (χ2n) is 7.13. The lowest BCUT2D eigenvalue weighted by Crippen LogP contribution is -2.47. The Labute approximate surface area is 170 Å². The topological polar surface area (TPSA) is 74.2 Å². The fraction of sp³-hybridized carbons (Fsp3) is 0.273. The molecule has 1 fully saturated rings. The van der Waals surface area contributed by atoms with Gasteiger partial charge in [-0.05, 0) is 49.2 Å². The maximum atomic E-state index is 12.8. The molecule has 1 aliphatic rings. The molecule has 3 heterocycles. The molecular weight excluding hydrogens is 364 g/mol. The first-order valence-electron chi connectivity index (χ1n) is 9.72. The highest BCUT2D eigenvalue weighted by molar-refractivity contribution is 6.05. The summed E-state index contributed by atoms with van der Waals surface area (Å²) < 4.78 is 0. The minimum absolute atomic E-state index is 0.126. The van der Waals surface area contributed by atoms with Crippen molar-refractivity contribution in [1.29, 1.82) is 0 Å². The van der Waals surface area contributed by atoms with Crippen LogP contribution in [0.2, 0.25) is 0 Å². The van der Waals surface area contributed by atoms with Gasteiger partial charge < -0.3 is 15.1 Å². The van der Waals surface area contributed by atoms with Crippen LogP contribution >= 0.6 is 0 Å². The molecule has 148 valence electrons. The summed E-state index contributed by atoms with van der Waals surface area (Å²) in [6, 6.07) is 11.3. The van der Waals surface area contributed by atoms with Gasteiger partial charge in [0.15, 0.2) is 0 Å². The Morgan fingerprint density at radius 1 is 0.897 bits per heavy atom. The van der Waals surface area contributed by atoms with Gasteiger partial charge in [-0.1, -0.05) is 12.1 Å². The number of benzene rings is 1. The van der Waals surface area contributed by atoms with Crippen LogP contribution in [0.1, 0.15) is 21.5 Å². The first-order chi connectivity index (χ1) is 14.1. The van der Waals surface area contributed by atoms with E-state index in [9.17, 15) is 4.79 Å². The summed E-state index contributed by atoms with van der Waals surface area (Å²) >= 11 is 0. The van der Waals surface area contributed by atoms with E-state index in [4.69, 9.17) is 0 Å². The molecule has 1 aliphatic heterocycles. The normalized spacial score (nSPS) is 14.0. The van der Waals surface area contributed by atoms with Crippen molar-refractivity contribution in [3.63, 3.8) is 0 Å². The summed E-state index contributed by atoms with van der Waals surface area (Å²) in [5, 5.41) is 3.02. The summed E-state index contributed by atoms with van der Waals surface area (Å²) in [4.78, 5) is 30.2. The van der Waals surface area contributed by atoms with Crippen LogP contribution < -0.4 is 15.1 Å². The highest BCUT2D eigenvalue weighted by Crippen LogP contribution is 2.21. The largest absolute Gasteiger partial charge is 0.353 e. The standard InChI is InChI=1S/C22H24N6O/c1-16-5-3-6-19(17(16)2)26-21(29)18-7-10-23-20(15-18)27-11-13-28(14-12-27)22-24-8-4-9-25-22/h3-10,15H,11-14H2,1-2H3,(H,26,29). The highest BCUT2D eigenvalue weighted by atomic mass is 16.1. The Kier molecular flexibility index (Phi) is 5.37. The molecule has 0 radical (unpaired) electrons. The lowest BCUT2D eigenvalue weighted by atomic mass is 10.1. The zero-order valence-electron chi connectivity index (χ0n) is 16.7. The number of carbonyl (C=O) groups is 1. The molecule has 3 aromatic rings. The van der Waals surface area contributed by atoms with E-state index < -0.39 is 0 Å². The second-order valence-corrected chi connectivity index (χ2v) is 7.13. The predicted molar refractivity (Wildman–Crippen MR) is 115 cm³/mol. The molecule has 7 heteroatoms. The van der Waals surface area contributed by atoms with Crippen molar-refractivity contribution in [1.82, 2.24) is 15.0 Å². The third-order valence-corrected chi connectivity index (χ3v) is 5.30. The molecule has 1 N–H and O–H groups in total. The Morgan fingerprint density at radius 2 is 1.62 bits per heavy atom. The van der Waals surface area contributed by atoms with E-state index in [1.807, 2.05) is 44.2 Å². The fourth-order valence-electron chi connectivity index (χ4n) is 3.40. The van der Waals surface area contributed by atoms with Crippen LogP contribution in [-0.4, -0.2) is 47.0 Å². The van der Waals surface area contributed by atoms with Crippen LogP contribution in [0.5, 0.6) is 0 Å². The Balaban J connectivity index is 1.44. The van der Waals surface area contributed by atoms with Crippen LogP contribution in [0.15, 0.2) is 55.0 Å². The van der Waals surface area contributed by atoms with Gasteiger partial charge >= 0.3 is 0 Å². The number of hydrogen-bond acceptors (Lipinski definition) is 6. The summed E-state index contributed by atoms with van der Waals surface area (Å²) in [6.45, 7) is 7.27. The minimum atomic E-state index is -0.126. The van der Waals surface area contributed by atoms with Crippen molar-refractivity contribution in [2.75, 3.05) is 41.3 Å². The molecular formula is C22H24N6O. The lowest BCUT2D eigenvalue weighted by molar-refractivity contribution is 0.102. The van der Waals surface area contributed by atoms with Crippen molar-refractivity contribution < 1.29 is 4.79 Å². The van der Waals surface area contributed by atoms with Crippen molar-refractivity contribution in [3.05, 3.63) is 71.7 Å². The first-order valence-corrected chi connectivity index (χ1v) is 9.72. The van der Waals surface area contributed by atoms with Gasteiger partial charge in [-0.15, -0.1) is 0 Å². The number of nitrogens with one attached hydrogen (secondary N) is 1. The molecule has 1 amide bonds. The molecule has 4 rings (SSSR count). The number of amides is 1. The third-order valence-electron chi connectivity index (χ3n) is 5.30. The molecule has 0 atom stereocenters. The lowest BCUT2D eigenvalue weighted by Gasteiger charge is -2.35. The van der Waals surface area contributed by atoms with E-state index in [0.29, 0.717) is 5.56 Å². The zero-order valence-corrected chi connectivity index (χ0v) is 16.7. The van der Waals surface area contributed by atoms with E-state index in [0.717, 1.165) is 54.8 Å². The minimum Gasteiger partial charge on any atom is -0.353 e. The number of hydrogen-bond donors (Lipinski definition) is 1. The molecule has 0 aliphatic carbocycles. The summed E-state index contributed by atoms with van der Waals surface area (Å²) in [6.07, 6.45) is 5.21.